The molecule has 3 aromatic rings. The van der Waals surface area contributed by atoms with Crippen LogP contribution in [-0.4, -0.2) is 4.57 Å². The van der Waals surface area contributed by atoms with Gasteiger partial charge in [-0.3, -0.25) is 0 Å². The second-order valence-electron chi connectivity index (χ2n) is 15.4. The van der Waals surface area contributed by atoms with E-state index in [4.69, 9.17) is 0 Å². The van der Waals surface area contributed by atoms with Crippen LogP contribution in [0, 0.1) is 0 Å². The van der Waals surface area contributed by atoms with Gasteiger partial charge >= 0.3 is 0 Å². The summed E-state index contributed by atoms with van der Waals surface area (Å²) < 4.78 is 5.29. The lowest BCUT2D eigenvalue weighted by molar-refractivity contribution is -0.704. The molecule has 0 N–H and O–H groups in total. The fourth-order valence-electron chi connectivity index (χ4n) is 7.85. The average Bonchev–Trinajstić information content (AvgIpc) is 3.54. The fourth-order valence-corrected chi connectivity index (χ4v) is 7.85. The summed E-state index contributed by atoms with van der Waals surface area (Å²) in [7, 11) is 0. The highest BCUT2D eigenvalue weighted by atomic mass is 15.2. The first-order valence-electron chi connectivity index (χ1n) is 21.4. The summed E-state index contributed by atoms with van der Waals surface area (Å²) in [6.45, 7) is 8.26. The number of benzene rings is 2. The van der Waals surface area contributed by atoms with E-state index in [1.165, 1.54) is 165 Å². The Bertz CT molecular complexity index is 1150. The number of hydrogen-bond acceptors (Lipinski definition) is 0. The number of imidazole rings is 1. The molecule has 3 rings (SSSR count). The minimum Gasteiger partial charge on any atom is -0.234 e. The summed E-state index contributed by atoms with van der Waals surface area (Å²) in [6.07, 6.45) is 40.6. The Hall–Kier alpha value is -2.35. The largest absolute Gasteiger partial charge is 0.256 e. The van der Waals surface area contributed by atoms with Gasteiger partial charge in [0, 0.05) is 6.42 Å². The normalized spacial score (nSPS) is 12.8. The summed E-state index contributed by atoms with van der Waals surface area (Å²) in [5.41, 5.74) is 2.93. The number of aryl methyl sites for hydroxylation is 1. The van der Waals surface area contributed by atoms with Crippen LogP contribution in [0.5, 0.6) is 0 Å². The van der Waals surface area contributed by atoms with Crippen molar-refractivity contribution in [2.24, 2.45) is 0 Å². The van der Waals surface area contributed by atoms with Gasteiger partial charge in [0.1, 0.15) is 12.4 Å². The van der Waals surface area contributed by atoms with Crippen LogP contribution in [0.15, 0.2) is 73.1 Å². The van der Waals surface area contributed by atoms with E-state index in [-0.39, 0.29) is 0 Å². The summed E-state index contributed by atoms with van der Waals surface area (Å²) >= 11 is 0. The van der Waals surface area contributed by atoms with Gasteiger partial charge in [0.15, 0.2) is 0 Å². The summed E-state index contributed by atoms with van der Waals surface area (Å²) in [6, 6.07) is 23.0. The van der Waals surface area contributed by atoms with Crippen molar-refractivity contribution < 1.29 is 4.57 Å². The molecule has 0 amide bonds. The number of rotatable bonds is 31. The van der Waals surface area contributed by atoms with Crippen molar-refractivity contribution in [3.8, 4) is 0 Å². The molecule has 0 saturated carbocycles. The standard InChI is InChI=1S/C47H77N2/c1-4-6-8-10-12-14-15-16-17-18-19-20-22-26-32-43(3)49-41-40-48(39-31-23-21-13-11-9-7-5-2)47(49)38-37-46(45-35-29-25-30-36-45)42-44-33-27-24-28-34-44/h24-25,27-30,33-36,40-41,43,46H,4-23,26,31-32,37-39,42H2,1-3H3/q+1. The van der Waals surface area contributed by atoms with Crippen LogP contribution in [-0.2, 0) is 19.4 Å². The Labute approximate surface area is 304 Å². The molecule has 0 saturated heterocycles. The number of hydrogen-bond donors (Lipinski definition) is 0. The molecule has 2 nitrogen and oxygen atoms in total. The van der Waals surface area contributed by atoms with Crippen LogP contribution in [0.3, 0.4) is 0 Å². The Balaban J connectivity index is 1.49. The highest BCUT2D eigenvalue weighted by Gasteiger charge is 2.23. The Kier molecular flexibility index (Phi) is 23.0. The van der Waals surface area contributed by atoms with E-state index in [1.807, 2.05) is 0 Å². The van der Waals surface area contributed by atoms with Gasteiger partial charge in [-0.05, 0) is 62.5 Å². The zero-order valence-corrected chi connectivity index (χ0v) is 32.6. The third kappa shape index (κ3) is 17.9. The van der Waals surface area contributed by atoms with Gasteiger partial charge in [-0.25, -0.2) is 9.13 Å². The molecule has 49 heavy (non-hydrogen) atoms. The maximum Gasteiger partial charge on any atom is 0.256 e. The molecule has 0 radical (unpaired) electrons. The lowest BCUT2D eigenvalue weighted by atomic mass is 9.88. The second-order valence-corrected chi connectivity index (χ2v) is 15.4. The van der Waals surface area contributed by atoms with E-state index in [9.17, 15) is 0 Å². The van der Waals surface area contributed by atoms with E-state index >= 15 is 0 Å². The van der Waals surface area contributed by atoms with Crippen molar-refractivity contribution >= 4 is 0 Å². The zero-order chi connectivity index (χ0) is 34.6. The number of nitrogens with zero attached hydrogens (tertiary/aromatic N) is 2. The highest BCUT2D eigenvalue weighted by molar-refractivity contribution is 5.24. The Morgan fingerprint density at radius 1 is 0.531 bits per heavy atom. The average molecular weight is 670 g/mol. The summed E-state index contributed by atoms with van der Waals surface area (Å²) in [4.78, 5) is 0. The molecule has 2 heteroatoms. The lowest BCUT2D eigenvalue weighted by Crippen LogP contribution is -2.38. The van der Waals surface area contributed by atoms with Crippen LogP contribution < -0.4 is 4.57 Å². The van der Waals surface area contributed by atoms with Crippen LogP contribution in [0.2, 0.25) is 0 Å². The van der Waals surface area contributed by atoms with Crippen LogP contribution in [0.1, 0.15) is 204 Å². The van der Waals surface area contributed by atoms with Gasteiger partial charge in [0.05, 0.1) is 12.6 Å². The van der Waals surface area contributed by atoms with Crippen molar-refractivity contribution in [1.29, 1.82) is 0 Å². The molecule has 0 bridgehead atoms. The first-order chi connectivity index (χ1) is 24.2. The van der Waals surface area contributed by atoms with Gasteiger partial charge in [0.2, 0.25) is 0 Å². The summed E-state index contributed by atoms with van der Waals surface area (Å²) in [5.74, 6) is 2.08. The number of unbranched alkanes of at least 4 members (excludes halogenated alkanes) is 20. The van der Waals surface area contributed by atoms with Crippen molar-refractivity contribution in [3.63, 3.8) is 0 Å². The first kappa shape index (κ1) is 41.1. The summed E-state index contributed by atoms with van der Waals surface area (Å²) in [5, 5.41) is 0. The van der Waals surface area contributed by atoms with E-state index in [2.05, 4.69) is 103 Å². The van der Waals surface area contributed by atoms with Crippen molar-refractivity contribution in [1.82, 2.24) is 4.57 Å². The van der Waals surface area contributed by atoms with Crippen molar-refractivity contribution in [2.45, 2.75) is 206 Å². The molecule has 1 heterocycles. The second kappa shape index (κ2) is 27.4. The molecule has 2 unspecified atom stereocenters. The smallest absolute Gasteiger partial charge is 0.234 e. The van der Waals surface area contributed by atoms with Crippen molar-refractivity contribution in [2.75, 3.05) is 0 Å². The fraction of sp³-hybridized carbons (Fsp3) is 0.681. The van der Waals surface area contributed by atoms with Crippen LogP contribution in [0.4, 0.5) is 0 Å². The van der Waals surface area contributed by atoms with Crippen LogP contribution >= 0.6 is 0 Å². The quantitative estimate of drug-likeness (QED) is 0.0476. The number of aromatic nitrogens is 2. The highest BCUT2D eigenvalue weighted by Crippen LogP contribution is 2.27. The Morgan fingerprint density at radius 2 is 1.00 bits per heavy atom. The van der Waals surface area contributed by atoms with Gasteiger partial charge in [-0.1, -0.05) is 197 Å². The minimum absolute atomic E-state index is 0.532. The zero-order valence-electron chi connectivity index (χ0n) is 32.6. The predicted octanol–water partition coefficient (Wildman–Crippen LogP) is 14.3. The minimum atomic E-state index is 0.532. The molecule has 2 atom stereocenters. The molecule has 0 aliphatic carbocycles. The third-order valence-electron chi connectivity index (χ3n) is 11.1. The molecule has 0 aliphatic rings. The van der Waals surface area contributed by atoms with Gasteiger partial charge in [0.25, 0.3) is 5.82 Å². The lowest BCUT2D eigenvalue weighted by Gasteiger charge is -2.18. The van der Waals surface area contributed by atoms with E-state index in [1.54, 1.807) is 5.82 Å². The molecule has 0 spiro atoms. The van der Waals surface area contributed by atoms with E-state index < -0.39 is 0 Å². The molecule has 2 aromatic carbocycles. The van der Waals surface area contributed by atoms with Gasteiger partial charge in [-0.15, -0.1) is 0 Å². The van der Waals surface area contributed by atoms with E-state index in [0.717, 1.165) is 19.4 Å². The molecular formula is C47H77N2+. The van der Waals surface area contributed by atoms with Crippen molar-refractivity contribution in [3.05, 3.63) is 90.0 Å². The van der Waals surface area contributed by atoms with Crippen LogP contribution in [0.25, 0.3) is 0 Å². The molecular weight excluding hydrogens is 593 g/mol. The maximum absolute atomic E-state index is 2.66. The predicted molar refractivity (Wildman–Crippen MR) is 215 cm³/mol. The van der Waals surface area contributed by atoms with E-state index in [0.29, 0.717) is 12.0 Å². The Morgan fingerprint density at radius 3 is 1.53 bits per heavy atom. The molecule has 274 valence electrons. The van der Waals surface area contributed by atoms with Gasteiger partial charge in [-0.2, -0.15) is 0 Å². The molecule has 0 fully saturated rings. The topological polar surface area (TPSA) is 8.81 Å². The SMILES string of the molecule is CCCCCCCCCCCCCCCCC(C)n1cc[n+](CCCCCCCCCC)c1CCC(Cc1ccccc1)c1ccccc1. The van der Waals surface area contributed by atoms with Gasteiger partial charge < -0.3 is 0 Å². The first-order valence-corrected chi connectivity index (χ1v) is 21.4. The maximum atomic E-state index is 2.66. The third-order valence-corrected chi connectivity index (χ3v) is 11.1. The monoisotopic (exact) mass is 670 g/mol. The molecule has 1 aromatic heterocycles. The molecule has 0 aliphatic heterocycles.